The van der Waals surface area contributed by atoms with Crippen molar-refractivity contribution < 1.29 is 28.2 Å². The zero-order valence-electron chi connectivity index (χ0n) is 18.1. The molecule has 0 saturated heterocycles. The molecule has 0 aliphatic carbocycles. The normalized spacial score (nSPS) is 12.8. The molecule has 1 N–H and O–H groups in total. The second kappa shape index (κ2) is 10.4. The number of amides is 1. The molecule has 0 spiro atoms. The quantitative estimate of drug-likeness (QED) is 0.636. The number of benzene rings is 1. The zero-order chi connectivity index (χ0) is 22.2. The smallest absolute Gasteiger partial charge is 0.310 e. The molecule has 1 atom stereocenters. The number of carbonyl (C=O) groups is 3. The summed E-state index contributed by atoms with van der Waals surface area (Å²) >= 11 is 0. The highest BCUT2D eigenvalue weighted by Crippen LogP contribution is 2.22. The summed E-state index contributed by atoms with van der Waals surface area (Å²) < 4.78 is 23.7. The third-order valence-corrected chi connectivity index (χ3v) is 3.73. The van der Waals surface area contributed by atoms with Crippen LogP contribution >= 0.6 is 0 Å². The zero-order valence-corrected chi connectivity index (χ0v) is 18.1. The number of halogens is 1. The fraction of sp³-hybridized carbons (Fsp3) is 0.591. The third-order valence-electron chi connectivity index (χ3n) is 3.73. The van der Waals surface area contributed by atoms with Gasteiger partial charge in [0, 0.05) is 17.7 Å². The number of hydrogen-bond acceptors (Lipinski definition) is 5. The van der Waals surface area contributed by atoms with Gasteiger partial charge in [0.15, 0.2) is 0 Å². The molecule has 1 aromatic rings. The minimum absolute atomic E-state index is 0.0205. The summed E-state index contributed by atoms with van der Waals surface area (Å²) in [6, 6.07) is 6.57. The average Bonchev–Trinajstić information content (AvgIpc) is 2.55. The molecule has 0 aliphatic rings. The van der Waals surface area contributed by atoms with Crippen molar-refractivity contribution in [2.45, 2.75) is 78.7 Å². The Hall–Kier alpha value is -2.44. The fourth-order valence-electron chi connectivity index (χ4n) is 2.55. The number of hydrogen-bond donors (Lipinski definition) is 1. The van der Waals surface area contributed by atoms with Crippen LogP contribution in [0.4, 0.5) is 10.1 Å². The molecule has 1 amide bonds. The second-order valence-corrected chi connectivity index (χ2v) is 8.90. The minimum Gasteiger partial charge on any atom is -0.460 e. The summed E-state index contributed by atoms with van der Waals surface area (Å²) in [6.45, 7) is 9.72. The predicted molar refractivity (Wildman–Crippen MR) is 109 cm³/mol. The lowest BCUT2D eigenvalue weighted by molar-refractivity contribution is -0.167. The van der Waals surface area contributed by atoms with Crippen LogP contribution in [0.2, 0.25) is 0 Å². The van der Waals surface area contributed by atoms with Gasteiger partial charge in [0.05, 0.1) is 12.3 Å². The number of alkyl halides is 1. The lowest BCUT2D eigenvalue weighted by Gasteiger charge is -2.25. The lowest BCUT2D eigenvalue weighted by atomic mass is 9.98. The highest BCUT2D eigenvalue weighted by atomic mass is 19.1. The number of anilines is 1. The Morgan fingerprint density at radius 1 is 1.00 bits per heavy atom. The van der Waals surface area contributed by atoms with E-state index in [2.05, 4.69) is 5.32 Å². The van der Waals surface area contributed by atoms with E-state index in [1.165, 1.54) is 0 Å². The molecule has 1 unspecified atom stereocenters. The molecule has 1 aromatic carbocycles. The van der Waals surface area contributed by atoms with Crippen LogP contribution in [0, 0.1) is 5.92 Å². The summed E-state index contributed by atoms with van der Waals surface area (Å²) in [5, 5.41) is 2.65. The number of carbonyl (C=O) groups excluding carboxylic acids is 3. The maximum atomic E-state index is 13.0. The molecule has 0 fully saturated rings. The number of rotatable bonds is 8. The van der Waals surface area contributed by atoms with Gasteiger partial charge in [0.2, 0.25) is 5.91 Å². The Labute approximate surface area is 172 Å². The average molecular weight is 409 g/mol. The molecule has 6 nitrogen and oxygen atoms in total. The molecule has 1 rings (SSSR count). The Morgan fingerprint density at radius 2 is 1.59 bits per heavy atom. The molecular weight excluding hydrogens is 377 g/mol. The van der Waals surface area contributed by atoms with Gasteiger partial charge >= 0.3 is 11.9 Å². The first kappa shape index (κ1) is 24.6. The van der Waals surface area contributed by atoms with Crippen LogP contribution < -0.4 is 5.32 Å². The first-order valence-corrected chi connectivity index (χ1v) is 9.69. The summed E-state index contributed by atoms with van der Waals surface area (Å²) in [7, 11) is 0. The number of ether oxygens (including phenoxy) is 2. The molecule has 7 heteroatoms. The van der Waals surface area contributed by atoms with Gasteiger partial charge in [-0.15, -0.1) is 0 Å². The van der Waals surface area contributed by atoms with Gasteiger partial charge in [-0.2, -0.15) is 0 Å². The van der Waals surface area contributed by atoms with Crippen molar-refractivity contribution in [3.05, 3.63) is 29.8 Å². The van der Waals surface area contributed by atoms with E-state index in [0.717, 1.165) is 0 Å². The van der Waals surface area contributed by atoms with E-state index >= 15 is 0 Å². The van der Waals surface area contributed by atoms with Crippen molar-refractivity contribution in [3.8, 4) is 0 Å². The molecule has 0 heterocycles. The molecule has 0 radical (unpaired) electrons. The number of esters is 2. The van der Waals surface area contributed by atoms with Gasteiger partial charge < -0.3 is 14.8 Å². The highest BCUT2D eigenvalue weighted by Gasteiger charge is 2.30. The van der Waals surface area contributed by atoms with Crippen molar-refractivity contribution in [2.24, 2.45) is 5.92 Å². The van der Waals surface area contributed by atoms with Crippen LogP contribution in [0.5, 0.6) is 0 Å². The third kappa shape index (κ3) is 10.1. The van der Waals surface area contributed by atoms with Crippen LogP contribution in [0.1, 0.15) is 66.4 Å². The monoisotopic (exact) mass is 409 g/mol. The highest BCUT2D eigenvalue weighted by molar-refractivity contribution is 5.92. The van der Waals surface area contributed by atoms with Crippen molar-refractivity contribution in [1.82, 2.24) is 0 Å². The van der Waals surface area contributed by atoms with Crippen LogP contribution in [-0.4, -0.2) is 29.0 Å². The van der Waals surface area contributed by atoms with Gasteiger partial charge in [0.25, 0.3) is 0 Å². The van der Waals surface area contributed by atoms with Crippen molar-refractivity contribution in [2.75, 3.05) is 5.32 Å². The molecule has 0 bridgehead atoms. The summed E-state index contributed by atoms with van der Waals surface area (Å²) in [5.41, 5.74) is -0.631. The standard InChI is InChI=1S/C22H32FNO5/c1-21(2,3)28-19(26)13-15(20(27)29-22(4,5)6)11-12-18(25)24-17-10-8-7-9-16(17)14-23/h7-10,15H,11-14H2,1-6H3,(H,24,25). The van der Waals surface area contributed by atoms with Gasteiger partial charge in [0.1, 0.15) is 17.9 Å². The van der Waals surface area contributed by atoms with E-state index in [1.54, 1.807) is 65.8 Å². The van der Waals surface area contributed by atoms with Gasteiger partial charge in [-0.25, -0.2) is 4.39 Å². The van der Waals surface area contributed by atoms with Gasteiger partial charge in [-0.1, -0.05) is 18.2 Å². The molecule has 0 aromatic heterocycles. The number of nitrogens with one attached hydrogen (secondary N) is 1. The lowest BCUT2D eigenvalue weighted by Crippen LogP contribution is -2.32. The number of para-hydroxylation sites is 1. The minimum atomic E-state index is -0.814. The molecule has 0 aliphatic heterocycles. The van der Waals surface area contributed by atoms with Crippen LogP contribution in [0.25, 0.3) is 0 Å². The van der Waals surface area contributed by atoms with Crippen LogP contribution in [-0.2, 0) is 30.5 Å². The molecular formula is C22H32FNO5. The van der Waals surface area contributed by atoms with Gasteiger partial charge in [-0.3, -0.25) is 14.4 Å². The Kier molecular flexibility index (Phi) is 8.80. The van der Waals surface area contributed by atoms with E-state index in [0.29, 0.717) is 11.3 Å². The SMILES string of the molecule is CC(C)(C)OC(=O)CC(CCC(=O)Nc1ccccc1CF)C(=O)OC(C)(C)C. The Balaban J connectivity index is 2.78. The predicted octanol–water partition coefficient (Wildman–Crippen LogP) is 4.56. The Bertz CT molecular complexity index is 719. The largest absolute Gasteiger partial charge is 0.460 e. The van der Waals surface area contributed by atoms with E-state index < -0.39 is 35.7 Å². The summed E-state index contributed by atoms with van der Waals surface area (Å²) in [6.07, 6.45) is -0.0916. The molecule has 29 heavy (non-hydrogen) atoms. The van der Waals surface area contributed by atoms with Crippen LogP contribution in [0.15, 0.2) is 24.3 Å². The molecule has 0 saturated carbocycles. The maximum Gasteiger partial charge on any atom is 0.310 e. The van der Waals surface area contributed by atoms with E-state index in [4.69, 9.17) is 9.47 Å². The topological polar surface area (TPSA) is 81.7 Å². The first-order chi connectivity index (χ1) is 13.3. The first-order valence-electron chi connectivity index (χ1n) is 9.69. The van der Waals surface area contributed by atoms with Crippen molar-refractivity contribution in [3.63, 3.8) is 0 Å². The maximum absolute atomic E-state index is 13.0. The van der Waals surface area contributed by atoms with Crippen LogP contribution in [0.3, 0.4) is 0 Å². The fourth-order valence-corrected chi connectivity index (χ4v) is 2.55. The summed E-state index contributed by atoms with van der Waals surface area (Å²) in [4.78, 5) is 37.0. The second-order valence-electron chi connectivity index (χ2n) is 8.90. The van der Waals surface area contributed by atoms with Crippen molar-refractivity contribution in [1.29, 1.82) is 0 Å². The van der Waals surface area contributed by atoms with E-state index in [-0.39, 0.29) is 25.2 Å². The van der Waals surface area contributed by atoms with Gasteiger partial charge in [-0.05, 0) is 54.0 Å². The molecule has 162 valence electrons. The van der Waals surface area contributed by atoms with E-state index in [9.17, 15) is 18.8 Å². The Morgan fingerprint density at radius 3 is 2.14 bits per heavy atom. The van der Waals surface area contributed by atoms with Crippen molar-refractivity contribution >= 4 is 23.5 Å². The summed E-state index contributed by atoms with van der Waals surface area (Å²) in [5.74, 6) is -2.27. The van der Waals surface area contributed by atoms with E-state index in [1.807, 2.05) is 0 Å².